The normalized spacial score (nSPS) is 16.0. The summed E-state index contributed by atoms with van der Waals surface area (Å²) >= 11 is 0. The highest BCUT2D eigenvalue weighted by Gasteiger charge is 2.26. The van der Waals surface area contributed by atoms with Crippen molar-refractivity contribution in [3.05, 3.63) is 0 Å². The number of carbonyl (C=O) groups excluding carboxylic acids is 2. The molecule has 0 aromatic rings. The lowest BCUT2D eigenvalue weighted by Gasteiger charge is -2.14. The molecule has 0 saturated carbocycles. The van der Waals surface area contributed by atoms with Gasteiger partial charge in [0.15, 0.2) is 6.29 Å². The SMILES string of the molecule is O=CC(=O)[C@H](O)[C@H](O)COP(=O)(O)O. The molecule has 0 aromatic heterocycles. The van der Waals surface area contributed by atoms with Crippen molar-refractivity contribution >= 4 is 19.9 Å². The summed E-state index contributed by atoms with van der Waals surface area (Å²) in [5, 5.41) is 17.7. The molecule has 4 N–H and O–H groups in total. The zero-order chi connectivity index (χ0) is 11.4. The van der Waals surface area contributed by atoms with Gasteiger partial charge in [0.05, 0.1) is 6.61 Å². The number of phosphoric acid groups is 1. The molecule has 0 radical (unpaired) electrons. The summed E-state index contributed by atoms with van der Waals surface area (Å²) in [7, 11) is -4.77. The Kier molecular flexibility index (Phi) is 5.06. The summed E-state index contributed by atoms with van der Waals surface area (Å²) in [5.74, 6) is -1.30. The van der Waals surface area contributed by atoms with Crippen molar-refractivity contribution in [2.24, 2.45) is 0 Å². The van der Waals surface area contributed by atoms with Crippen LogP contribution in [-0.4, -0.2) is 50.9 Å². The second-order valence-electron chi connectivity index (χ2n) is 2.32. The number of Topliss-reactive ketones (excluding diaryl/α,β-unsaturated/α-hetero) is 1. The van der Waals surface area contributed by atoms with Gasteiger partial charge in [-0.1, -0.05) is 0 Å². The van der Waals surface area contributed by atoms with E-state index in [9.17, 15) is 14.2 Å². The van der Waals surface area contributed by atoms with Gasteiger partial charge in [0, 0.05) is 0 Å². The van der Waals surface area contributed by atoms with E-state index in [0.29, 0.717) is 0 Å². The van der Waals surface area contributed by atoms with Crippen molar-refractivity contribution in [1.29, 1.82) is 0 Å². The molecule has 0 rings (SSSR count). The Hall–Kier alpha value is -0.630. The topological polar surface area (TPSA) is 141 Å². The standard InChI is InChI=1S/C5H9O8P/c6-1-3(7)5(9)4(8)2-13-14(10,11)12/h1,4-5,8-9H,2H2,(H2,10,11,12)/t4-,5+/m1/s1. The van der Waals surface area contributed by atoms with E-state index < -0.39 is 32.4 Å². The third-order valence-corrected chi connectivity index (χ3v) is 1.67. The fraction of sp³-hybridized carbons (Fsp3) is 0.600. The molecule has 0 unspecified atom stereocenters. The summed E-state index contributed by atoms with van der Waals surface area (Å²) < 4.78 is 13.9. The minimum Gasteiger partial charge on any atom is -0.387 e. The molecule has 0 spiro atoms. The third-order valence-electron chi connectivity index (χ3n) is 1.19. The van der Waals surface area contributed by atoms with Crippen LogP contribution in [0.2, 0.25) is 0 Å². The molecule has 0 aromatic carbocycles. The fourth-order valence-electron chi connectivity index (χ4n) is 0.524. The van der Waals surface area contributed by atoms with E-state index in [2.05, 4.69) is 4.52 Å². The molecule has 0 aliphatic rings. The Morgan fingerprint density at radius 3 is 2.29 bits per heavy atom. The van der Waals surface area contributed by atoms with Gasteiger partial charge in [-0.15, -0.1) is 0 Å². The van der Waals surface area contributed by atoms with Crippen LogP contribution in [0.25, 0.3) is 0 Å². The molecule has 9 heteroatoms. The Bertz CT molecular complexity index is 256. The van der Waals surface area contributed by atoms with E-state index >= 15 is 0 Å². The number of ketones is 1. The van der Waals surface area contributed by atoms with Crippen molar-refractivity contribution in [3.8, 4) is 0 Å². The molecule has 0 fully saturated rings. The first-order valence-electron chi connectivity index (χ1n) is 3.33. The van der Waals surface area contributed by atoms with Crippen LogP contribution in [0.5, 0.6) is 0 Å². The summed E-state index contributed by atoms with van der Waals surface area (Å²) in [6.45, 7) is -0.953. The van der Waals surface area contributed by atoms with Gasteiger partial charge in [-0.05, 0) is 0 Å². The van der Waals surface area contributed by atoms with Gasteiger partial charge < -0.3 is 20.0 Å². The van der Waals surface area contributed by atoms with Gasteiger partial charge in [-0.2, -0.15) is 0 Å². The highest BCUT2D eigenvalue weighted by molar-refractivity contribution is 7.46. The van der Waals surface area contributed by atoms with Crippen LogP contribution in [0.4, 0.5) is 0 Å². The number of aliphatic hydroxyl groups excluding tert-OH is 2. The summed E-state index contributed by atoms with van der Waals surface area (Å²) in [5.41, 5.74) is 0. The first-order valence-corrected chi connectivity index (χ1v) is 4.86. The lowest BCUT2D eigenvalue weighted by atomic mass is 10.1. The molecule has 8 nitrogen and oxygen atoms in total. The van der Waals surface area contributed by atoms with Crippen molar-refractivity contribution in [2.45, 2.75) is 12.2 Å². The van der Waals surface area contributed by atoms with E-state index in [1.54, 1.807) is 0 Å². The molecular weight excluding hydrogens is 219 g/mol. The Morgan fingerprint density at radius 2 is 1.93 bits per heavy atom. The number of aldehydes is 1. The highest BCUT2D eigenvalue weighted by atomic mass is 31.2. The molecule has 14 heavy (non-hydrogen) atoms. The molecule has 0 aliphatic carbocycles. The van der Waals surface area contributed by atoms with Crippen LogP contribution in [-0.2, 0) is 18.7 Å². The van der Waals surface area contributed by atoms with Gasteiger partial charge in [0.1, 0.15) is 12.2 Å². The molecule has 82 valence electrons. The molecular formula is C5H9O8P. The zero-order valence-corrected chi connectivity index (χ0v) is 7.70. The summed E-state index contributed by atoms with van der Waals surface area (Å²) in [4.78, 5) is 36.7. The average Bonchev–Trinajstić information content (AvgIpc) is 2.10. The molecule has 0 heterocycles. The van der Waals surface area contributed by atoms with E-state index in [4.69, 9.17) is 20.0 Å². The predicted molar refractivity (Wildman–Crippen MR) is 41.1 cm³/mol. The minimum atomic E-state index is -4.77. The Balaban J connectivity index is 4.08. The fourth-order valence-corrected chi connectivity index (χ4v) is 0.871. The number of phosphoric ester groups is 1. The number of aliphatic hydroxyl groups is 2. The molecule has 2 atom stereocenters. The predicted octanol–water partition coefficient (Wildman–Crippen LogP) is -2.41. The van der Waals surface area contributed by atoms with Gasteiger partial charge in [-0.25, -0.2) is 4.57 Å². The summed E-state index contributed by atoms with van der Waals surface area (Å²) in [6, 6.07) is 0. The van der Waals surface area contributed by atoms with Crippen LogP contribution in [0, 0.1) is 0 Å². The Labute approximate surface area is 78.4 Å². The lowest BCUT2D eigenvalue weighted by Crippen LogP contribution is -2.37. The molecule has 0 bridgehead atoms. The van der Waals surface area contributed by atoms with Crippen molar-refractivity contribution < 1.29 is 38.7 Å². The second kappa shape index (κ2) is 5.30. The van der Waals surface area contributed by atoms with Crippen molar-refractivity contribution in [2.75, 3.05) is 6.61 Å². The number of carbonyl (C=O) groups is 2. The van der Waals surface area contributed by atoms with Crippen LogP contribution < -0.4 is 0 Å². The van der Waals surface area contributed by atoms with Crippen LogP contribution >= 0.6 is 7.82 Å². The van der Waals surface area contributed by atoms with Crippen LogP contribution in [0.1, 0.15) is 0 Å². The molecule has 0 saturated heterocycles. The number of hydrogen-bond donors (Lipinski definition) is 4. The second-order valence-corrected chi connectivity index (χ2v) is 3.56. The van der Waals surface area contributed by atoms with Crippen molar-refractivity contribution in [1.82, 2.24) is 0 Å². The van der Waals surface area contributed by atoms with Gasteiger partial charge in [0.2, 0.25) is 5.78 Å². The smallest absolute Gasteiger partial charge is 0.387 e. The maximum Gasteiger partial charge on any atom is 0.469 e. The van der Waals surface area contributed by atoms with Crippen LogP contribution in [0.3, 0.4) is 0 Å². The Morgan fingerprint density at radius 1 is 1.43 bits per heavy atom. The van der Waals surface area contributed by atoms with Crippen molar-refractivity contribution in [3.63, 3.8) is 0 Å². The molecule has 0 aliphatic heterocycles. The van der Waals surface area contributed by atoms with Gasteiger partial charge in [-0.3, -0.25) is 14.1 Å². The van der Waals surface area contributed by atoms with E-state index in [1.807, 2.05) is 0 Å². The third kappa shape index (κ3) is 5.18. The van der Waals surface area contributed by atoms with E-state index in [-0.39, 0.29) is 6.29 Å². The van der Waals surface area contributed by atoms with Gasteiger partial charge in [0.25, 0.3) is 0 Å². The quantitative estimate of drug-likeness (QED) is 0.223. The minimum absolute atomic E-state index is 0.217. The largest absolute Gasteiger partial charge is 0.469 e. The van der Waals surface area contributed by atoms with Crippen LogP contribution in [0.15, 0.2) is 0 Å². The number of hydrogen-bond acceptors (Lipinski definition) is 6. The maximum absolute atomic E-state index is 10.5. The maximum atomic E-state index is 10.5. The van der Waals surface area contributed by atoms with Gasteiger partial charge >= 0.3 is 7.82 Å². The molecule has 0 amide bonds. The lowest BCUT2D eigenvalue weighted by molar-refractivity contribution is -0.140. The highest BCUT2D eigenvalue weighted by Crippen LogP contribution is 2.35. The monoisotopic (exact) mass is 228 g/mol. The first kappa shape index (κ1) is 13.4. The zero-order valence-electron chi connectivity index (χ0n) is 6.81. The summed E-state index contributed by atoms with van der Waals surface area (Å²) in [6.07, 6.45) is -4.12. The number of rotatable bonds is 6. The first-order chi connectivity index (χ1) is 6.28. The van der Waals surface area contributed by atoms with E-state index in [0.717, 1.165) is 0 Å². The average molecular weight is 228 g/mol. The van der Waals surface area contributed by atoms with E-state index in [1.165, 1.54) is 0 Å².